The van der Waals surface area contributed by atoms with E-state index in [1.54, 1.807) is 0 Å². The topological polar surface area (TPSA) is 9.23 Å². The van der Waals surface area contributed by atoms with E-state index in [1.165, 1.54) is 10.8 Å². The Morgan fingerprint density at radius 3 is 2.40 bits per heavy atom. The van der Waals surface area contributed by atoms with Crippen molar-refractivity contribution in [3.63, 3.8) is 0 Å². The molecule has 0 aliphatic carbocycles. The number of benzene rings is 1. The smallest absolute Gasteiger partial charge is 0.193 e. The second kappa shape index (κ2) is 4.77. The molecule has 0 atom stereocenters. The molecule has 0 N–H and O–H groups in total. The Hall–Kier alpha value is -0.863. The van der Waals surface area contributed by atoms with Crippen LogP contribution in [-0.4, -0.2) is 15.4 Å². The van der Waals surface area contributed by atoms with Gasteiger partial charge in [0.05, 0.1) is 0 Å². The van der Waals surface area contributed by atoms with Gasteiger partial charge in [-0.25, -0.2) is 0 Å². The Balaban J connectivity index is 2.81. The average Bonchev–Trinajstić information content (AvgIpc) is 2.14. The van der Waals surface area contributed by atoms with Crippen LogP contribution >= 0.6 is 0 Å². The van der Waals surface area contributed by atoms with E-state index in [0.29, 0.717) is 0 Å². The van der Waals surface area contributed by atoms with Gasteiger partial charge < -0.3 is 4.43 Å². The minimum atomic E-state index is -0.648. The van der Waals surface area contributed by atoms with E-state index < -0.39 is 9.76 Å². The fraction of sp³-hybridized carbons (Fsp3) is 0.385. The van der Waals surface area contributed by atoms with Crippen LogP contribution in [0.15, 0.2) is 30.8 Å². The molecule has 0 amide bonds. The summed E-state index contributed by atoms with van der Waals surface area (Å²) in [7, 11) is -0.648. The summed E-state index contributed by atoms with van der Waals surface area (Å²) in [5.74, 6) is 0. The normalized spacial score (nSPS) is 12.3. The Morgan fingerprint density at radius 2 is 1.87 bits per heavy atom. The van der Waals surface area contributed by atoms with Crippen LogP contribution in [0.2, 0.25) is 0 Å². The Kier molecular flexibility index (Phi) is 3.88. The summed E-state index contributed by atoms with van der Waals surface area (Å²) >= 11 is 0. The molecule has 1 aromatic rings. The highest BCUT2D eigenvalue weighted by molar-refractivity contribution is 6.48. The molecule has 0 aliphatic rings. The molecule has 2 heteroatoms. The molecule has 0 saturated carbocycles. The molecule has 82 valence electrons. The zero-order chi connectivity index (χ0) is 11.5. The van der Waals surface area contributed by atoms with Gasteiger partial charge in [-0.3, -0.25) is 0 Å². The van der Waals surface area contributed by atoms with Crippen molar-refractivity contribution in [3.05, 3.63) is 36.4 Å². The molecule has 1 nitrogen and oxygen atoms in total. The van der Waals surface area contributed by atoms with E-state index in [2.05, 4.69) is 51.6 Å². The lowest BCUT2D eigenvalue weighted by molar-refractivity contribution is 0.142. The van der Waals surface area contributed by atoms with Gasteiger partial charge in [-0.1, -0.05) is 36.4 Å². The van der Waals surface area contributed by atoms with Gasteiger partial charge in [0, 0.05) is 5.60 Å². The first kappa shape index (κ1) is 12.2. The standard InChI is InChI=1S/C13H20OSi/c1-10(2)11-8-6-7-9-12(11)15-14-13(3,4)5/h6-9H,1,15H2,2-5H3. The van der Waals surface area contributed by atoms with Crippen molar-refractivity contribution >= 4 is 20.5 Å². The molecule has 0 spiro atoms. The molecule has 0 unspecified atom stereocenters. The first-order chi connectivity index (χ1) is 6.90. The summed E-state index contributed by atoms with van der Waals surface area (Å²) in [4.78, 5) is 0. The third kappa shape index (κ3) is 4.02. The van der Waals surface area contributed by atoms with E-state index in [1.807, 2.05) is 6.92 Å². The molecule has 1 rings (SSSR count). The molecule has 0 radical (unpaired) electrons. The maximum absolute atomic E-state index is 5.90. The highest BCUT2D eigenvalue weighted by atomic mass is 28.2. The number of hydrogen-bond acceptors (Lipinski definition) is 1. The van der Waals surface area contributed by atoms with Gasteiger partial charge in [0.2, 0.25) is 0 Å². The van der Waals surface area contributed by atoms with Crippen molar-refractivity contribution in [1.82, 2.24) is 0 Å². The van der Waals surface area contributed by atoms with Crippen LogP contribution < -0.4 is 5.19 Å². The summed E-state index contributed by atoms with van der Waals surface area (Å²) in [6, 6.07) is 8.40. The van der Waals surface area contributed by atoms with Crippen LogP contribution in [0.25, 0.3) is 5.57 Å². The van der Waals surface area contributed by atoms with Crippen molar-refractivity contribution in [3.8, 4) is 0 Å². The Morgan fingerprint density at radius 1 is 1.27 bits per heavy atom. The van der Waals surface area contributed by atoms with Gasteiger partial charge in [0.15, 0.2) is 9.76 Å². The molecule has 1 aromatic carbocycles. The van der Waals surface area contributed by atoms with E-state index in [4.69, 9.17) is 4.43 Å². The zero-order valence-electron chi connectivity index (χ0n) is 10.1. The van der Waals surface area contributed by atoms with E-state index in [9.17, 15) is 0 Å². The van der Waals surface area contributed by atoms with E-state index in [-0.39, 0.29) is 5.60 Å². The van der Waals surface area contributed by atoms with Crippen molar-refractivity contribution in [1.29, 1.82) is 0 Å². The zero-order valence-corrected chi connectivity index (χ0v) is 11.5. The molecule has 0 bridgehead atoms. The Labute approximate surface area is 95.1 Å². The highest BCUT2D eigenvalue weighted by Gasteiger charge is 2.11. The minimum Gasteiger partial charge on any atom is -0.414 e. The molecule has 0 fully saturated rings. The second-order valence-corrected chi connectivity index (χ2v) is 6.18. The van der Waals surface area contributed by atoms with Gasteiger partial charge in [-0.15, -0.1) is 0 Å². The first-order valence-corrected chi connectivity index (χ1v) is 6.56. The van der Waals surface area contributed by atoms with Crippen LogP contribution in [0.1, 0.15) is 33.3 Å². The van der Waals surface area contributed by atoms with Gasteiger partial charge >= 0.3 is 0 Å². The van der Waals surface area contributed by atoms with Gasteiger partial charge in [-0.05, 0) is 38.4 Å². The van der Waals surface area contributed by atoms with Gasteiger partial charge in [0.25, 0.3) is 0 Å². The maximum atomic E-state index is 5.90. The largest absolute Gasteiger partial charge is 0.414 e. The van der Waals surface area contributed by atoms with Gasteiger partial charge in [0.1, 0.15) is 0 Å². The molecule has 0 aliphatic heterocycles. The highest BCUT2D eigenvalue weighted by Crippen LogP contribution is 2.10. The molecule has 0 aromatic heterocycles. The van der Waals surface area contributed by atoms with Crippen molar-refractivity contribution in [2.45, 2.75) is 33.3 Å². The van der Waals surface area contributed by atoms with Crippen LogP contribution in [0.3, 0.4) is 0 Å². The molecule has 0 saturated heterocycles. The van der Waals surface area contributed by atoms with Crippen LogP contribution in [0.5, 0.6) is 0 Å². The summed E-state index contributed by atoms with van der Waals surface area (Å²) in [5.41, 5.74) is 2.35. The third-order valence-electron chi connectivity index (χ3n) is 2.14. The molecular formula is C13H20OSi. The number of allylic oxidation sites excluding steroid dienone is 1. The predicted molar refractivity (Wildman–Crippen MR) is 70.2 cm³/mol. The predicted octanol–water partition coefficient (Wildman–Crippen LogP) is 2.24. The quantitative estimate of drug-likeness (QED) is 0.710. The minimum absolute atomic E-state index is 0.0333. The van der Waals surface area contributed by atoms with Gasteiger partial charge in [-0.2, -0.15) is 0 Å². The second-order valence-electron chi connectivity index (χ2n) is 4.84. The number of hydrogen-bond donors (Lipinski definition) is 0. The first-order valence-electron chi connectivity index (χ1n) is 5.28. The number of rotatable bonds is 3. The van der Waals surface area contributed by atoms with E-state index in [0.717, 1.165) is 5.57 Å². The summed E-state index contributed by atoms with van der Waals surface area (Å²) < 4.78 is 5.90. The van der Waals surface area contributed by atoms with Crippen molar-refractivity contribution in [2.75, 3.05) is 0 Å². The SMILES string of the molecule is C=C(C)c1ccccc1[SiH2]OC(C)(C)C. The fourth-order valence-electron chi connectivity index (χ4n) is 1.36. The monoisotopic (exact) mass is 220 g/mol. The molecular weight excluding hydrogens is 200 g/mol. The lowest BCUT2D eigenvalue weighted by atomic mass is 10.1. The average molecular weight is 220 g/mol. The lowest BCUT2D eigenvalue weighted by Crippen LogP contribution is -2.30. The van der Waals surface area contributed by atoms with Crippen molar-refractivity contribution < 1.29 is 4.43 Å². The maximum Gasteiger partial charge on any atom is 0.193 e. The summed E-state index contributed by atoms with van der Waals surface area (Å²) in [6.45, 7) is 12.3. The van der Waals surface area contributed by atoms with Crippen LogP contribution in [-0.2, 0) is 4.43 Å². The summed E-state index contributed by atoms with van der Waals surface area (Å²) in [5, 5.41) is 1.35. The molecule has 15 heavy (non-hydrogen) atoms. The van der Waals surface area contributed by atoms with Crippen LogP contribution in [0, 0.1) is 0 Å². The summed E-state index contributed by atoms with van der Waals surface area (Å²) in [6.07, 6.45) is 0. The van der Waals surface area contributed by atoms with Crippen LogP contribution in [0.4, 0.5) is 0 Å². The fourth-order valence-corrected chi connectivity index (χ4v) is 2.75. The Bertz CT molecular complexity index is 350. The lowest BCUT2D eigenvalue weighted by Gasteiger charge is -2.21. The van der Waals surface area contributed by atoms with E-state index >= 15 is 0 Å². The van der Waals surface area contributed by atoms with Crippen molar-refractivity contribution in [2.24, 2.45) is 0 Å². The third-order valence-corrected chi connectivity index (χ3v) is 4.08. The molecule has 0 heterocycles.